The fourth-order valence-corrected chi connectivity index (χ4v) is 5.36. The number of hydrogen-bond donors (Lipinski definition) is 3. The second kappa shape index (κ2) is 12.1. The standard InChI is InChI=1S/C26H32O5S/c27-19(9-7-10-20-16-18-8-5-6-12-25(18)32-20)14-15-22-21(23(28)17-24(22)29)11-3-1-2-4-13-26(30)31/h1,3,5-6,8,12,14-16,19,21-23,27-28H,2,4,7,9-11,13,17H2,(H,30,31)/t19-,21+,22+,23-/m0/s1. The Morgan fingerprint density at radius 3 is 2.81 bits per heavy atom. The lowest BCUT2D eigenvalue weighted by Gasteiger charge is -2.17. The monoisotopic (exact) mass is 456 g/mol. The van der Waals surface area contributed by atoms with Crippen molar-refractivity contribution in [1.29, 1.82) is 0 Å². The van der Waals surface area contributed by atoms with E-state index in [0.717, 1.165) is 12.8 Å². The molecule has 0 saturated heterocycles. The van der Waals surface area contributed by atoms with Crippen LogP contribution in [-0.4, -0.2) is 39.3 Å². The average Bonchev–Trinajstić information content (AvgIpc) is 3.28. The van der Waals surface area contributed by atoms with Crippen LogP contribution in [-0.2, 0) is 16.0 Å². The Bertz CT molecular complexity index is 927. The number of aliphatic hydroxyl groups excluding tert-OH is 2. The molecule has 1 fully saturated rings. The molecule has 1 aliphatic carbocycles. The van der Waals surface area contributed by atoms with Crippen LogP contribution in [0, 0.1) is 11.8 Å². The predicted octanol–water partition coefficient (Wildman–Crippen LogP) is 4.91. The molecule has 0 unspecified atom stereocenters. The van der Waals surface area contributed by atoms with Gasteiger partial charge in [-0.25, -0.2) is 0 Å². The van der Waals surface area contributed by atoms with Gasteiger partial charge in [-0.15, -0.1) is 11.3 Å². The molecular weight excluding hydrogens is 424 g/mol. The molecule has 5 nitrogen and oxygen atoms in total. The number of carboxylic acids is 1. The molecular formula is C26H32O5S. The first-order valence-corrected chi connectivity index (χ1v) is 12.2. The lowest BCUT2D eigenvalue weighted by molar-refractivity contribution is -0.137. The zero-order valence-electron chi connectivity index (χ0n) is 18.2. The summed E-state index contributed by atoms with van der Waals surface area (Å²) in [6.45, 7) is 0. The van der Waals surface area contributed by atoms with E-state index in [0.29, 0.717) is 25.7 Å². The van der Waals surface area contributed by atoms with Crippen LogP contribution < -0.4 is 0 Å². The molecule has 4 atom stereocenters. The molecule has 1 saturated carbocycles. The van der Waals surface area contributed by atoms with Crippen molar-refractivity contribution in [3.8, 4) is 0 Å². The number of aryl methyl sites for hydroxylation is 1. The highest BCUT2D eigenvalue weighted by molar-refractivity contribution is 7.19. The fourth-order valence-electron chi connectivity index (χ4n) is 4.26. The summed E-state index contributed by atoms with van der Waals surface area (Å²) in [5.74, 6) is -1.37. The SMILES string of the molecule is O=C(O)CCCC=CC[C@H]1[C@@H](O)CC(=O)[C@@H]1C=C[C@@H](O)CCCc1cc2ccccc2s1. The summed E-state index contributed by atoms with van der Waals surface area (Å²) >= 11 is 1.79. The normalized spacial score (nSPS) is 22.4. The molecule has 0 radical (unpaired) electrons. The molecule has 6 heteroatoms. The first-order chi connectivity index (χ1) is 15.4. The third-order valence-corrected chi connectivity index (χ3v) is 7.19. The van der Waals surface area contributed by atoms with Crippen molar-refractivity contribution in [3.05, 3.63) is 59.5 Å². The van der Waals surface area contributed by atoms with E-state index in [2.05, 4.69) is 18.2 Å². The molecule has 172 valence electrons. The maximum atomic E-state index is 12.3. The number of fused-ring (bicyclic) bond motifs is 1. The minimum atomic E-state index is -0.803. The molecule has 0 spiro atoms. The summed E-state index contributed by atoms with van der Waals surface area (Å²) in [4.78, 5) is 24.2. The van der Waals surface area contributed by atoms with Crippen molar-refractivity contribution in [2.45, 2.75) is 63.6 Å². The Kier molecular flexibility index (Phi) is 9.21. The van der Waals surface area contributed by atoms with Crippen LogP contribution in [0.4, 0.5) is 0 Å². The largest absolute Gasteiger partial charge is 0.481 e. The molecule has 1 aromatic heterocycles. The summed E-state index contributed by atoms with van der Waals surface area (Å²) in [6.07, 6.45) is 10.5. The zero-order chi connectivity index (χ0) is 22.9. The summed E-state index contributed by atoms with van der Waals surface area (Å²) in [5, 5.41) is 30.6. The average molecular weight is 457 g/mol. The van der Waals surface area contributed by atoms with Gasteiger partial charge in [0.25, 0.3) is 0 Å². The van der Waals surface area contributed by atoms with E-state index in [1.807, 2.05) is 24.3 Å². The number of allylic oxidation sites excluding steroid dienone is 3. The molecule has 0 amide bonds. The third-order valence-electron chi connectivity index (χ3n) is 6.01. The third kappa shape index (κ3) is 7.12. The van der Waals surface area contributed by atoms with Gasteiger partial charge in [-0.1, -0.05) is 42.5 Å². The van der Waals surface area contributed by atoms with Crippen LogP contribution >= 0.6 is 11.3 Å². The molecule has 0 bridgehead atoms. The lowest BCUT2D eigenvalue weighted by atomic mass is 9.90. The molecule has 2 aromatic rings. The fraction of sp³-hybridized carbons (Fsp3) is 0.462. The van der Waals surface area contributed by atoms with E-state index in [-0.39, 0.29) is 30.5 Å². The van der Waals surface area contributed by atoms with Gasteiger partial charge in [-0.2, -0.15) is 0 Å². The lowest BCUT2D eigenvalue weighted by Crippen LogP contribution is -2.19. The Morgan fingerprint density at radius 2 is 2.03 bits per heavy atom. The van der Waals surface area contributed by atoms with Crippen LogP contribution in [0.5, 0.6) is 0 Å². The van der Waals surface area contributed by atoms with E-state index in [4.69, 9.17) is 5.11 Å². The van der Waals surface area contributed by atoms with Crippen LogP contribution in [0.15, 0.2) is 54.6 Å². The number of carbonyl (C=O) groups excluding carboxylic acids is 1. The number of ketones is 1. The second-order valence-corrected chi connectivity index (χ2v) is 9.68. The van der Waals surface area contributed by atoms with Gasteiger partial charge < -0.3 is 15.3 Å². The topological polar surface area (TPSA) is 94.8 Å². The second-order valence-electron chi connectivity index (χ2n) is 8.52. The number of carbonyl (C=O) groups is 2. The molecule has 3 rings (SSSR count). The molecule has 0 aliphatic heterocycles. The highest BCUT2D eigenvalue weighted by Crippen LogP contribution is 2.33. The Hall–Kier alpha value is -2.28. The van der Waals surface area contributed by atoms with E-state index in [9.17, 15) is 19.8 Å². The summed E-state index contributed by atoms with van der Waals surface area (Å²) in [7, 11) is 0. The van der Waals surface area contributed by atoms with E-state index in [1.54, 1.807) is 23.5 Å². The van der Waals surface area contributed by atoms with Crippen LogP contribution in [0.2, 0.25) is 0 Å². The van der Waals surface area contributed by atoms with Crippen molar-refractivity contribution in [3.63, 3.8) is 0 Å². The zero-order valence-corrected chi connectivity index (χ0v) is 19.0. The minimum absolute atomic E-state index is 0.00972. The predicted molar refractivity (Wildman–Crippen MR) is 128 cm³/mol. The molecule has 1 aliphatic rings. The van der Waals surface area contributed by atoms with Gasteiger partial charge in [-0.3, -0.25) is 9.59 Å². The van der Waals surface area contributed by atoms with Crippen LogP contribution in [0.25, 0.3) is 10.1 Å². The summed E-state index contributed by atoms with van der Waals surface area (Å²) < 4.78 is 1.28. The highest BCUT2D eigenvalue weighted by atomic mass is 32.1. The van der Waals surface area contributed by atoms with Gasteiger partial charge in [0.1, 0.15) is 5.78 Å². The number of unbranched alkanes of at least 4 members (excludes halogenated alkanes) is 1. The maximum absolute atomic E-state index is 12.3. The smallest absolute Gasteiger partial charge is 0.303 e. The number of hydrogen-bond acceptors (Lipinski definition) is 5. The van der Waals surface area contributed by atoms with E-state index in [1.165, 1.54) is 15.0 Å². The Balaban J connectivity index is 1.45. The molecule has 1 aromatic carbocycles. The summed E-state index contributed by atoms with van der Waals surface area (Å²) in [6, 6.07) is 10.5. The number of aliphatic carboxylic acids is 1. The van der Waals surface area contributed by atoms with Gasteiger partial charge in [0.05, 0.1) is 12.2 Å². The number of aliphatic hydroxyl groups is 2. The first kappa shape index (κ1) is 24.4. The minimum Gasteiger partial charge on any atom is -0.481 e. The highest BCUT2D eigenvalue weighted by Gasteiger charge is 2.39. The van der Waals surface area contributed by atoms with Crippen molar-refractivity contribution in [2.24, 2.45) is 11.8 Å². The van der Waals surface area contributed by atoms with Crippen molar-refractivity contribution >= 4 is 33.2 Å². The Morgan fingerprint density at radius 1 is 1.22 bits per heavy atom. The number of Topliss-reactive ketones (excluding diaryl/α,β-unsaturated/α-hetero) is 1. The van der Waals surface area contributed by atoms with Gasteiger partial charge in [0.15, 0.2) is 0 Å². The molecule has 1 heterocycles. The molecule has 3 N–H and O–H groups in total. The van der Waals surface area contributed by atoms with Crippen molar-refractivity contribution < 1.29 is 24.9 Å². The number of carboxylic acid groups (broad SMARTS) is 1. The van der Waals surface area contributed by atoms with Crippen molar-refractivity contribution in [1.82, 2.24) is 0 Å². The van der Waals surface area contributed by atoms with Crippen molar-refractivity contribution in [2.75, 3.05) is 0 Å². The number of rotatable bonds is 12. The van der Waals surface area contributed by atoms with E-state index < -0.39 is 18.2 Å². The van der Waals surface area contributed by atoms with Crippen LogP contribution in [0.3, 0.4) is 0 Å². The van der Waals surface area contributed by atoms with Gasteiger partial charge >= 0.3 is 5.97 Å². The van der Waals surface area contributed by atoms with Gasteiger partial charge in [0, 0.05) is 34.3 Å². The summed E-state index contributed by atoms with van der Waals surface area (Å²) in [5.41, 5.74) is 0. The molecule has 32 heavy (non-hydrogen) atoms. The number of benzene rings is 1. The first-order valence-electron chi connectivity index (χ1n) is 11.4. The number of thiophene rings is 1. The maximum Gasteiger partial charge on any atom is 0.303 e. The van der Waals surface area contributed by atoms with E-state index >= 15 is 0 Å². The Labute approximate surface area is 193 Å². The van der Waals surface area contributed by atoms with Crippen LogP contribution in [0.1, 0.15) is 49.8 Å². The quantitative estimate of drug-likeness (QED) is 0.312. The van der Waals surface area contributed by atoms with Gasteiger partial charge in [0.2, 0.25) is 0 Å². The van der Waals surface area contributed by atoms with Gasteiger partial charge in [-0.05, 0) is 56.0 Å².